The first-order valence-corrected chi connectivity index (χ1v) is 4.82. The van der Waals surface area contributed by atoms with Crippen LogP contribution in [0.3, 0.4) is 0 Å². The zero-order valence-corrected chi connectivity index (χ0v) is 8.79. The van der Waals surface area contributed by atoms with E-state index in [9.17, 15) is 22.4 Å². The predicted molar refractivity (Wildman–Crippen MR) is 56.8 cm³/mol. The molecule has 7 heteroatoms. The highest BCUT2D eigenvalue weighted by molar-refractivity contribution is 5.80. The van der Waals surface area contributed by atoms with E-state index in [0.29, 0.717) is 6.07 Å². The van der Waals surface area contributed by atoms with Crippen molar-refractivity contribution in [1.29, 1.82) is 0 Å². The minimum atomic E-state index is -4.51. The summed E-state index contributed by atoms with van der Waals surface area (Å²) in [6.07, 6.45) is -3.95. The van der Waals surface area contributed by atoms with Crippen molar-refractivity contribution >= 4 is 16.7 Å². The van der Waals surface area contributed by atoms with Crippen molar-refractivity contribution in [3.8, 4) is 0 Å². The summed E-state index contributed by atoms with van der Waals surface area (Å²) in [6.45, 7) is 0. The molecule has 0 atom stereocenters. The lowest BCUT2D eigenvalue weighted by Gasteiger charge is -2.14. The van der Waals surface area contributed by atoms with Crippen LogP contribution < -0.4 is 11.2 Å². The molecule has 0 radical (unpaired) electrons. The highest BCUT2D eigenvalue weighted by Gasteiger charge is 2.45. The number of hydrogen-bond donors (Lipinski definition) is 1. The fourth-order valence-electron chi connectivity index (χ4n) is 1.45. The maximum absolute atomic E-state index is 13.1. The monoisotopic (exact) mass is 261 g/mol. The molecule has 0 aliphatic heterocycles. The lowest BCUT2D eigenvalue weighted by atomic mass is 10.1. The average Bonchev–Trinajstić information content (AvgIpc) is 2.29. The summed E-state index contributed by atoms with van der Waals surface area (Å²) in [5.74, 6) is -5.87. The fraction of sp³-hybridized carbons (Fsp3) is 0.182. The second kappa shape index (κ2) is 4.01. The van der Waals surface area contributed by atoms with E-state index in [1.54, 1.807) is 0 Å². The Morgan fingerprint density at radius 1 is 1.22 bits per heavy atom. The van der Waals surface area contributed by atoms with E-state index in [2.05, 4.69) is 4.42 Å². The Balaban J connectivity index is 2.71. The van der Waals surface area contributed by atoms with Gasteiger partial charge in [0.15, 0.2) is 11.2 Å². The lowest BCUT2D eigenvalue weighted by Crippen LogP contribution is -2.25. The van der Waals surface area contributed by atoms with E-state index >= 15 is 0 Å². The van der Waals surface area contributed by atoms with Crippen LogP contribution in [0.2, 0.25) is 0 Å². The van der Waals surface area contributed by atoms with E-state index in [1.807, 2.05) is 0 Å². The Morgan fingerprint density at radius 3 is 2.50 bits per heavy atom. The van der Waals surface area contributed by atoms with Gasteiger partial charge in [-0.2, -0.15) is 8.78 Å². The molecule has 0 fully saturated rings. The van der Waals surface area contributed by atoms with Gasteiger partial charge in [0.25, 0.3) is 0 Å². The highest BCUT2D eigenvalue weighted by atomic mass is 19.3. The number of halogens is 4. The molecule has 0 saturated carbocycles. The van der Waals surface area contributed by atoms with Crippen molar-refractivity contribution in [1.82, 2.24) is 0 Å². The number of nitrogen functional groups attached to an aromatic ring is 1. The number of nitrogens with two attached hydrogens (primary N) is 1. The van der Waals surface area contributed by atoms with Gasteiger partial charge in [0.2, 0.25) is 0 Å². The number of fused-ring (bicyclic) bond motifs is 1. The van der Waals surface area contributed by atoms with Crippen LogP contribution in [0.4, 0.5) is 23.2 Å². The number of benzene rings is 1. The zero-order chi connectivity index (χ0) is 13.5. The van der Waals surface area contributed by atoms with Crippen molar-refractivity contribution in [2.45, 2.75) is 12.3 Å². The van der Waals surface area contributed by atoms with Gasteiger partial charge in [-0.25, -0.2) is 8.78 Å². The second-order valence-electron chi connectivity index (χ2n) is 3.65. The summed E-state index contributed by atoms with van der Waals surface area (Å²) in [5.41, 5.74) is 4.59. The minimum absolute atomic E-state index is 0.0381. The SMILES string of the molecule is Nc1ccc2oc(C(F)(F)C(F)F)cc(=O)c2c1. The maximum atomic E-state index is 13.1. The summed E-state index contributed by atoms with van der Waals surface area (Å²) in [6, 6.07) is 4.08. The molecule has 0 aliphatic rings. The Morgan fingerprint density at radius 2 is 1.89 bits per heavy atom. The first kappa shape index (κ1) is 12.4. The molecule has 0 spiro atoms. The van der Waals surface area contributed by atoms with Crippen LogP contribution in [0.5, 0.6) is 0 Å². The van der Waals surface area contributed by atoms with Gasteiger partial charge in [0.1, 0.15) is 5.58 Å². The highest BCUT2D eigenvalue weighted by Crippen LogP contribution is 2.35. The first-order chi connectivity index (χ1) is 8.32. The number of anilines is 1. The number of alkyl halides is 4. The van der Waals surface area contributed by atoms with Gasteiger partial charge < -0.3 is 10.2 Å². The molecule has 0 saturated heterocycles. The largest absolute Gasteiger partial charge is 0.454 e. The standard InChI is InChI=1S/C11H7F4NO2/c12-10(13)11(14,15)9-4-7(17)6-3-5(16)1-2-8(6)18-9/h1-4,10H,16H2. The van der Waals surface area contributed by atoms with E-state index in [1.165, 1.54) is 18.2 Å². The minimum Gasteiger partial charge on any atom is -0.454 e. The first-order valence-electron chi connectivity index (χ1n) is 4.82. The summed E-state index contributed by atoms with van der Waals surface area (Å²) in [7, 11) is 0. The van der Waals surface area contributed by atoms with E-state index in [-0.39, 0.29) is 16.7 Å². The van der Waals surface area contributed by atoms with Gasteiger partial charge in [0.05, 0.1) is 5.39 Å². The molecule has 96 valence electrons. The summed E-state index contributed by atoms with van der Waals surface area (Å²) >= 11 is 0. The van der Waals surface area contributed by atoms with Crippen molar-refractivity contribution in [3.63, 3.8) is 0 Å². The molecule has 2 N–H and O–H groups in total. The number of rotatable bonds is 2. The molecule has 0 aliphatic carbocycles. The van der Waals surface area contributed by atoms with Crippen molar-refractivity contribution in [2.24, 2.45) is 0 Å². The molecule has 18 heavy (non-hydrogen) atoms. The van der Waals surface area contributed by atoms with Crippen molar-refractivity contribution in [2.75, 3.05) is 5.73 Å². The van der Waals surface area contributed by atoms with Gasteiger partial charge in [-0.3, -0.25) is 4.79 Å². The molecule has 0 bridgehead atoms. The molecule has 0 amide bonds. The van der Waals surface area contributed by atoms with Crippen molar-refractivity contribution in [3.05, 3.63) is 40.2 Å². The molecular weight excluding hydrogens is 254 g/mol. The van der Waals surface area contributed by atoms with Gasteiger partial charge in [-0.05, 0) is 18.2 Å². The maximum Gasteiger partial charge on any atom is 0.363 e. The quantitative estimate of drug-likeness (QED) is 0.668. The van der Waals surface area contributed by atoms with Gasteiger partial charge in [-0.1, -0.05) is 0 Å². The molecule has 3 nitrogen and oxygen atoms in total. The summed E-state index contributed by atoms with van der Waals surface area (Å²) < 4.78 is 55.1. The molecule has 1 aromatic heterocycles. The Kier molecular flexibility index (Phi) is 2.76. The van der Waals surface area contributed by atoms with Crippen LogP contribution in [0.15, 0.2) is 33.5 Å². The molecule has 2 aromatic rings. The number of hydrogen-bond acceptors (Lipinski definition) is 3. The van der Waals surface area contributed by atoms with Crippen LogP contribution in [-0.4, -0.2) is 6.43 Å². The fourth-order valence-corrected chi connectivity index (χ4v) is 1.45. The molecule has 0 unspecified atom stereocenters. The van der Waals surface area contributed by atoms with Crippen LogP contribution in [-0.2, 0) is 5.92 Å². The van der Waals surface area contributed by atoms with E-state index in [4.69, 9.17) is 5.73 Å². The van der Waals surface area contributed by atoms with Gasteiger partial charge in [-0.15, -0.1) is 0 Å². The molecule has 1 heterocycles. The topological polar surface area (TPSA) is 56.2 Å². The Bertz CT molecular complexity index is 651. The van der Waals surface area contributed by atoms with Crippen LogP contribution in [0.25, 0.3) is 11.0 Å². The molecule has 2 rings (SSSR count). The van der Waals surface area contributed by atoms with Crippen LogP contribution in [0.1, 0.15) is 5.76 Å². The molecular formula is C11H7F4NO2. The summed E-state index contributed by atoms with van der Waals surface area (Å²) in [4.78, 5) is 11.5. The Labute approximate surface area is 97.8 Å². The third-order valence-electron chi connectivity index (χ3n) is 2.35. The van der Waals surface area contributed by atoms with E-state index < -0.39 is 23.5 Å². The Hall–Kier alpha value is -2.05. The van der Waals surface area contributed by atoms with E-state index in [0.717, 1.165) is 0 Å². The van der Waals surface area contributed by atoms with Crippen LogP contribution in [0, 0.1) is 0 Å². The smallest absolute Gasteiger partial charge is 0.363 e. The predicted octanol–water partition coefficient (Wildman–Crippen LogP) is 2.73. The van der Waals surface area contributed by atoms with Gasteiger partial charge >= 0.3 is 12.3 Å². The van der Waals surface area contributed by atoms with Gasteiger partial charge in [0, 0.05) is 11.8 Å². The molecule has 1 aromatic carbocycles. The summed E-state index contributed by atoms with van der Waals surface area (Å²) in [5, 5.41) is -0.0381. The lowest BCUT2D eigenvalue weighted by molar-refractivity contribution is -0.147. The van der Waals surface area contributed by atoms with Crippen molar-refractivity contribution < 1.29 is 22.0 Å². The second-order valence-corrected chi connectivity index (χ2v) is 3.65. The van der Waals surface area contributed by atoms with Crippen LogP contribution >= 0.6 is 0 Å². The zero-order valence-electron chi connectivity index (χ0n) is 8.79. The normalized spacial score (nSPS) is 12.3. The third-order valence-corrected chi connectivity index (χ3v) is 2.35. The third kappa shape index (κ3) is 1.92. The average molecular weight is 261 g/mol.